The van der Waals surface area contributed by atoms with Crippen molar-refractivity contribution in [1.29, 1.82) is 0 Å². The number of fused-ring (bicyclic) bond motifs is 3. The number of Topliss-reactive ketones (excluding diaryl/α,β-unsaturated/α-hetero) is 1. The van der Waals surface area contributed by atoms with Crippen LogP contribution in [0.2, 0.25) is 0 Å². The van der Waals surface area contributed by atoms with E-state index >= 15 is 14.4 Å². The maximum Gasteiger partial charge on any atom is 0.407 e. The molecule has 0 bridgehead atoms. The van der Waals surface area contributed by atoms with E-state index in [9.17, 15) is 9.59 Å². The minimum absolute atomic E-state index is 0.0181. The quantitative estimate of drug-likeness (QED) is 0.0640. The molecule has 82 heavy (non-hydrogen) atoms. The van der Waals surface area contributed by atoms with Crippen LogP contribution < -0.4 is 16.0 Å². The van der Waals surface area contributed by atoms with Crippen molar-refractivity contribution in [2.75, 3.05) is 18.9 Å². The summed E-state index contributed by atoms with van der Waals surface area (Å²) in [4.78, 5) is 76.3. The summed E-state index contributed by atoms with van der Waals surface area (Å²) in [5, 5.41) is 9.34. The minimum atomic E-state index is -1.54. The number of hydrogen-bond acceptors (Lipinski definition) is 8. The molecule has 1 aliphatic carbocycles. The Labute approximate surface area is 484 Å². The maximum absolute atomic E-state index is 15.7. The van der Waals surface area contributed by atoms with E-state index in [1.54, 1.807) is 0 Å². The molecule has 1 heterocycles. The highest BCUT2D eigenvalue weighted by Gasteiger charge is 2.46. The zero-order valence-electron chi connectivity index (χ0n) is 46.6. The highest BCUT2D eigenvalue weighted by molar-refractivity contribution is 8.00. The molecule has 1 fully saturated rings. The molecule has 8 aromatic rings. The first-order chi connectivity index (χ1) is 39.7. The molecular weight excluding hydrogens is 1040 g/mol. The summed E-state index contributed by atoms with van der Waals surface area (Å²) >= 11 is 1.45. The van der Waals surface area contributed by atoms with Gasteiger partial charge in [-0.05, 0) is 83.3 Å². The van der Waals surface area contributed by atoms with Crippen LogP contribution in [0.4, 0.5) is 4.79 Å². The second kappa shape index (κ2) is 25.1. The summed E-state index contributed by atoms with van der Waals surface area (Å²) in [5.41, 5.74) is 7.37. The number of likely N-dealkylation sites (tertiary alicyclic amines) is 1. The number of alkyl carbamates (subject to hydrolysis) is 1. The summed E-state index contributed by atoms with van der Waals surface area (Å²) < 4.78 is 11.6. The van der Waals surface area contributed by atoms with Crippen molar-refractivity contribution in [3.8, 4) is 11.1 Å². The van der Waals surface area contributed by atoms with E-state index < -0.39 is 70.4 Å². The van der Waals surface area contributed by atoms with Gasteiger partial charge in [-0.1, -0.05) is 231 Å². The third-order valence-electron chi connectivity index (χ3n) is 15.4. The molecule has 1 saturated heterocycles. The lowest BCUT2D eigenvalue weighted by molar-refractivity contribution is -0.142. The monoisotopic (exact) mass is 1110 g/mol. The molecule has 4 atom stereocenters. The predicted molar refractivity (Wildman–Crippen MR) is 323 cm³/mol. The largest absolute Gasteiger partial charge is 0.449 e. The van der Waals surface area contributed by atoms with E-state index in [2.05, 4.69) is 28.1 Å². The Morgan fingerprint density at radius 3 is 1.39 bits per heavy atom. The van der Waals surface area contributed by atoms with Crippen LogP contribution in [0.25, 0.3) is 11.1 Å². The van der Waals surface area contributed by atoms with Gasteiger partial charge in [-0.3, -0.25) is 19.2 Å². The molecule has 0 radical (unpaired) electrons. The molecule has 10 rings (SSSR count). The number of hydrogen-bond donors (Lipinski definition) is 3. The molecule has 416 valence electrons. The van der Waals surface area contributed by atoms with Crippen LogP contribution in [0.5, 0.6) is 0 Å². The van der Waals surface area contributed by atoms with Crippen LogP contribution in [0.15, 0.2) is 231 Å². The van der Waals surface area contributed by atoms with Gasteiger partial charge < -0.3 is 30.3 Å². The number of nitrogens with one attached hydrogen (secondary N) is 3. The van der Waals surface area contributed by atoms with Gasteiger partial charge in [0, 0.05) is 24.6 Å². The highest BCUT2D eigenvalue weighted by Crippen LogP contribution is 2.49. The molecule has 0 spiro atoms. The molecule has 3 N–H and O–H groups in total. The number of carbonyl (C=O) groups excluding carboxylic acids is 5. The number of nitrogens with zero attached hydrogens (tertiary/aromatic N) is 1. The number of rotatable bonds is 20. The first kappa shape index (κ1) is 56.7. The molecule has 12 heteroatoms. The Hall–Kier alpha value is -8.58. The third-order valence-corrected chi connectivity index (χ3v) is 17.1. The van der Waals surface area contributed by atoms with Gasteiger partial charge in [-0.15, -0.1) is 11.8 Å². The van der Waals surface area contributed by atoms with Gasteiger partial charge in [-0.2, -0.15) is 0 Å². The summed E-state index contributed by atoms with van der Waals surface area (Å²) in [6, 6.07) is 71.1. The Balaban J connectivity index is 1.03. The fourth-order valence-corrected chi connectivity index (χ4v) is 13.4. The summed E-state index contributed by atoms with van der Waals surface area (Å²) in [5.74, 6) is -2.52. The number of benzene rings is 8. The Morgan fingerprint density at radius 2 is 0.963 bits per heavy atom. The molecule has 0 saturated carbocycles. The predicted octanol–water partition coefficient (Wildman–Crippen LogP) is 12.0. The molecule has 8 aromatic carbocycles. The van der Waals surface area contributed by atoms with Gasteiger partial charge in [-0.25, -0.2) is 4.79 Å². The fraction of sp³-hybridized carbons (Fsp3) is 0.243. The van der Waals surface area contributed by atoms with Crippen LogP contribution >= 0.6 is 11.8 Å². The molecule has 4 amide bonds. The standard InChI is InChI=1S/C70H68N4O7S/c1-48(75)63-43-55(81-68(2,3)4)45-74(63)66(78)61(44-64(76)73-69(49-27-11-5-12-28-49,50-29-13-6-14-30-50)51-31-15-7-16-32-51)71-65(77)62(72-67(79)80-46-60-58-41-25-23-39-56(58)57-40-24-26-42-59(57)60)47-82-70(52-33-17-8-18-34-52,53-35-19-9-20-36-53)54-37-21-10-22-38-54/h5-42,55,60-63H,43-47H2,1-4H3,(H,71,77)(H,72,79)(H,73,76)/t55-,61+,62-,63-/m0/s1. The summed E-state index contributed by atoms with van der Waals surface area (Å²) in [6.07, 6.45) is -1.67. The molecule has 1 aliphatic heterocycles. The van der Waals surface area contributed by atoms with Crippen LogP contribution in [0.3, 0.4) is 0 Å². The zero-order valence-corrected chi connectivity index (χ0v) is 47.4. The van der Waals surface area contributed by atoms with Gasteiger partial charge in [0.2, 0.25) is 17.7 Å². The highest BCUT2D eigenvalue weighted by atomic mass is 32.2. The number of ether oxygens (including phenoxy) is 2. The van der Waals surface area contributed by atoms with Gasteiger partial charge in [0.15, 0.2) is 5.78 Å². The van der Waals surface area contributed by atoms with Gasteiger partial charge in [0.25, 0.3) is 0 Å². The van der Waals surface area contributed by atoms with Crippen molar-refractivity contribution in [2.24, 2.45) is 0 Å². The van der Waals surface area contributed by atoms with E-state index in [4.69, 9.17) is 9.47 Å². The Bertz CT molecular complexity index is 3250. The van der Waals surface area contributed by atoms with Crippen molar-refractivity contribution < 1.29 is 33.4 Å². The van der Waals surface area contributed by atoms with E-state index in [0.717, 1.165) is 55.6 Å². The normalized spacial score (nSPS) is 15.8. The molecule has 2 aliphatic rings. The Morgan fingerprint density at radius 1 is 0.549 bits per heavy atom. The minimum Gasteiger partial charge on any atom is -0.449 e. The first-order valence-corrected chi connectivity index (χ1v) is 28.9. The molecular formula is C70H68N4O7S. The van der Waals surface area contributed by atoms with Crippen molar-refractivity contribution in [1.82, 2.24) is 20.9 Å². The summed E-state index contributed by atoms with van der Waals surface area (Å²) in [7, 11) is 0. The smallest absolute Gasteiger partial charge is 0.407 e. The second-order valence-corrected chi connectivity index (χ2v) is 23.2. The molecule has 0 aromatic heterocycles. The third kappa shape index (κ3) is 12.2. The average molecular weight is 1110 g/mol. The van der Waals surface area contributed by atoms with Crippen LogP contribution in [-0.2, 0) is 38.9 Å². The topological polar surface area (TPSA) is 143 Å². The average Bonchev–Trinajstić information content (AvgIpc) is 4.17. The van der Waals surface area contributed by atoms with Crippen molar-refractivity contribution in [3.63, 3.8) is 0 Å². The van der Waals surface area contributed by atoms with E-state index in [0.29, 0.717) is 0 Å². The number of ketones is 1. The van der Waals surface area contributed by atoms with Crippen LogP contribution in [0, 0.1) is 0 Å². The SMILES string of the molecule is CC(=O)[C@@H]1C[C@H](OC(C)(C)C)CN1C(=O)[C@@H](CC(=O)NC(c1ccccc1)(c1ccccc1)c1ccccc1)NC(=O)[C@H](CSC(c1ccccc1)(c1ccccc1)c1ccccc1)NC(=O)OCC1c2ccccc2-c2ccccc21. The van der Waals surface area contributed by atoms with Crippen LogP contribution in [-0.4, -0.2) is 83.2 Å². The van der Waals surface area contributed by atoms with Crippen molar-refractivity contribution >= 4 is 41.4 Å². The van der Waals surface area contributed by atoms with Crippen LogP contribution in [0.1, 0.15) is 91.0 Å². The molecule has 0 unspecified atom stereocenters. The van der Waals surface area contributed by atoms with Gasteiger partial charge in [0.1, 0.15) is 24.2 Å². The van der Waals surface area contributed by atoms with Gasteiger partial charge in [0.05, 0.1) is 28.9 Å². The lowest BCUT2D eigenvalue weighted by Crippen LogP contribution is -2.58. The summed E-state index contributed by atoms with van der Waals surface area (Å²) in [6.45, 7) is 7.20. The van der Waals surface area contributed by atoms with E-state index in [1.165, 1.54) is 23.6 Å². The lowest BCUT2D eigenvalue weighted by Gasteiger charge is -2.38. The van der Waals surface area contributed by atoms with Crippen molar-refractivity contribution in [2.45, 2.75) is 86.6 Å². The van der Waals surface area contributed by atoms with Crippen molar-refractivity contribution in [3.05, 3.63) is 275 Å². The van der Waals surface area contributed by atoms with Gasteiger partial charge >= 0.3 is 6.09 Å². The number of amides is 4. The lowest BCUT2D eigenvalue weighted by atomic mass is 9.77. The number of carbonyl (C=O) groups is 5. The second-order valence-electron chi connectivity index (χ2n) is 22.0. The first-order valence-electron chi connectivity index (χ1n) is 27.9. The van der Waals surface area contributed by atoms with E-state index in [-0.39, 0.29) is 37.0 Å². The zero-order chi connectivity index (χ0) is 57.3. The fourth-order valence-electron chi connectivity index (χ4n) is 11.9. The van der Waals surface area contributed by atoms with E-state index in [1.807, 2.05) is 239 Å². The molecule has 11 nitrogen and oxygen atoms in total. The maximum atomic E-state index is 15.7. The Kier molecular flexibility index (Phi) is 17.3. The number of thioether (sulfide) groups is 1.